The molecule has 2 aliphatic rings. The molecule has 1 heteroatoms. The van der Waals surface area contributed by atoms with Crippen LogP contribution in [0.3, 0.4) is 0 Å². The average Bonchev–Trinajstić information content (AvgIpc) is 2.87. The van der Waals surface area contributed by atoms with Crippen LogP contribution in [-0.4, -0.2) is 0 Å². The van der Waals surface area contributed by atoms with Crippen LogP contribution in [0.4, 0.5) is 0 Å². The minimum atomic E-state index is -2.24. The van der Waals surface area contributed by atoms with Crippen LogP contribution in [0.25, 0.3) is 22.4 Å². The van der Waals surface area contributed by atoms with E-state index < -0.39 is 6.85 Å². The molecule has 2 aromatic carbocycles. The van der Waals surface area contributed by atoms with Crippen LogP contribution in [0.15, 0.2) is 36.5 Å². The first kappa shape index (κ1) is 26.2. The minimum absolute atomic E-state index is 0.00913. The third-order valence-electron chi connectivity index (χ3n) is 10.8. The van der Waals surface area contributed by atoms with Gasteiger partial charge in [0.2, 0.25) is 5.69 Å². The summed E-state index contributed by atoms with van der Waals surface area (Å²) in [7, 11) is 2.12. The molecule has 5 rings (SSSR count). The van der Waals surface area contributed by atoms with Crippen LogP contribution in [-0.2, 0) is 34.1 Å². The maximum Gasteiger partial charge on any atom is 0.212 e. The Balaban J connectivity index is 1.99. The van der Waals surface area contributed by atoms with E-state index in [2.05, 4.69) is 125 Å². The van der Waals surface area contributed by atoms with Crippen molar-refractivity contribution in [3.05, 3.63) is 75.5 Å². The zero-order valence-corrected chi connectivity index (χ0v) is 28.2. The number of aryl methyl sites for hydroxylation is 3. The Hall–Kier alpha value is -2.41. The highest BCUT2D eigenvalue weighted by atomic mass is 14.9. The van der Waals surface area contributed by atoms with E-state index in [0.29, 0.717) is 5.56 Å². The molecule has 0 saturated carbocycles. The number of fused-ring (bicyclic) bond motifs is 2. The monoisotopic (exact) mass is 553 g/mol. The summed E-state index contributed by atoms with van der Waals surface area (Å²) in [6.07, 6.45) is 6.63. The summed E-state index contributed by atoms with van der Waals surface area (Å²) in [5.41, 5.74) is 12.5. The van der Waals surface area contributed by atoms with Gasteiger partial charge in [-0.05, 0) is 123 Å². The molecule has 0 N–H and O–H groups in total. The largest absolute Gasteiger partial charge is 0.212 e. The molecule has 0 atom stereocenters. The summed E-state index contributed by atoms with van der Waals surface area (Å²) in [5.74, 6) is 0. The fraction of sp³-hybridized carbons (Fsp3) is 0.575. The van der Waals surface area contributed by atoms with Gasteiger partial charge in [-0.3, -0.25) is 0 Å². The van der Waals surface area contributed by atoms with Gasteiger partial charge >= 0.3 is 0 Å². The van der Waals surface area contributed by atoms with Crippen molar-refractivity contribution in [2.75, 3.05) is 0 Å². The third-order valence-corrected chi connectivity index (χ3v) is 10.8. The van der Waals surface area contributed by atoms with Gasteiger partial charge in [0.05, 0.1) is 0 Å². The highest BCUT2D eigenvalue weighted by Crippen LogP contribution is 2.58. The Morgan fingerprint density at radius 2 is 1.20 bits per heavy atom. The van der Waals surface area contributed by atoms with Crippen LogP contribution in [0.2, 0.25) is 0 Å². The summed E-state index contributed by atoms with van der Waals surface area (Å²) >= 11 is 0. The average molecular weight is 554 g/mol. The van der Waals surface area contributed by atoms with Crippen molar-refractivity contribution >= 4 is 0 Å². The van der Waals surface area contributed by atoms with E-state index in [1.165, 1.54) is 33.4 Å². The molecule has 2 aliphatic carbocycles. The van der Waals surface area contributed by atoms with E-state index in [1.807, 2.05) is 6.07 Å². The van der Waals surface area contributed by atoms with Gasteiger partial charge in [0, 0.05) is 21.3 Å². The van der Waals surface area contributed by atoms with Gasteiger partial charge < -0.3 is 0 Å². The maximum absolute atomic E-state index is 8.84. The van der Waals surface area contributed by atoms with E-state index in [4.69, 9.17) is 4.11 Å². The third kappa shape index (κ3) is 4.90. The molecule has 1 aromatic heterocycles. The first-order valence-electron chi connectivity index (χ1n) is 17.3. The van der Waals surface area contributed by atoms with Crippen molar-refractivity contribution in [1.29, 1.82) is 0 Å². The molecule has 0 spiro atoms. The van der Waals surface area contributed by atoms with Crippen LogP contribution >= 0.6 is 0 Å². The van der Waals surface area contributed by atoms with Gasteiger partial charge in [0.25, 0.3) is 0 Å². The lowest BCUT2D eigenvalue weighted by Gasteiger charge is -2.49. The summed E-state index contributed by atoms with van der Waals surface area (Å²) < 4.78 is 28.7. The molecule has 0 aliphatic heterocycles. The first-order valence-corrected chi connectivity index (χ1v) is 15.8. The number of hydrogen-bond acceptors (Lipinski definition) is 0. The number of aromatic nitrogens is 1. The molecule has 0 amide bonds. The van der Waals surface area contributed by atoms with Gasteiger partial charge in [-0.25, -0.2) is 4.57 Å². The lowest BCUT2D eigenvalue weighted by Crippen LogP contribution is -2.40. The lowest BCUT2D eigenvalue weighted by atomic mass is 9.55. The summed E-state index contributed by atoms with van der Waals surface area (Å²) in [6, 6.07) is 11.2. The molecule has 0 unspecified atom stereocenters. The van der Waals surface area contributed by atoms with Gasteiger partial charge in [0.15, 0.2) is 6.20 Å². The summed E-state index contributed by atoms with van der Waals surface area (Å²) in [5, 5.41) is 0. The normalized spacial score (nSPS) is 21.7. The SMILES string of the molecule is [2H]C([2H])([2H])c1cc(C)c(-c2ccc(C(C)(C)C)c[n+]2C)cc1-c1c2c(cc3c1C(C)(C)CCC3(C)C)C(C)(C)CCC2(C)C. The van der Waals surface area contributed by atoms with E-state index in [0.717, 1.165) is 48.1 Å². The Morgan fingerprint density at radius 3 is 1.66 bits per heavy atom. The van der Waals surface area contributed by atoms with Crippen molar-refractivity contribution in [3.8, 4) is 22.4 Å². The van der Waals surface area contributed by atoms with E-state index in [1.54, 1.807) is 0 Å². The van der Waals surface area contributed by atoms with Crippen molar-refractivity contribution in [1.82, 2.24) is 0 Å². The molecule has 0 bridgehead atoms. The molecular formula is C40H56N+. The number of nitrogens with zero attached hydrogens (tertiary/aromatic N) is 1. The van der Waals surface area contributed by atoms with Crippen LogP contribution in [0, 0.1) is 13.8 Å². The molecular weight excluding hydrogens is 494 g/mol. The van der Waals surface area contributed by atoms with Crippen molar-refractivity contribution in [2.24, 2.45) is 7.05 Å². The zero-order chi connectivity index (χ0) is 33.0. The Bertz CT molecular complexity index is 1590. The highest BCUT2D eigenvalue weighted by Gasteiger charge is 2.46. The lowest BCUT2D eigenvalue weighted by molar-refractivity contribution is -0.661. The standard InChI is InChI=1S/C40H56N/c1-25-21-26(2)29(22-28(25)32-16-15-27(24-41(32)14)36(3,4)5)33-34-30(37(6,7)17-19-39(34,10)11)23-31-35(33)40(12,13)20-18-38(31,8)9/h15-16,21-24H,17-20H2,1-14H3/q+1/i2D3. The second kappa shape index (κ2) is 9.29. The second-order valence-corrected chi connectivity index (χ2v) is 17.0. The Kier molecular flexibility index (Phi) is 5.95. The molecule has 0 fully saturated rings. The Labute approximate surface area is 256 Å². The van der Waals surface area contributed by atoms with E-state index >= 15 is 0 Å². The second-order valence-electron chi connectivity index (χ2n) is 17.0. The molecule has 220 valence electrons. The smallest absolute Gasteiger partial charge is 0.201 e. The number of rotatable bonds is 2. The highest BCUT2D eigenvalue weighted by molar-refractivity contribution is 5.84. The predicted molar refractivity (Wildman–Crippen MR) is 177 cm³/mol. The summed E-state index contributed by atoms with van der Waals surface area (Å²) in [4.78, 5) is 0. The van der Waals surface area contributed by atoms with Gasteiger partial charge in [-0.15, -0.1) is 0 Å². The predicted octanol–water partition coefficient (Wildman–Crippen LogP) is 10.5. The zero-order valence-electron chi connectivity index (χ0n) is 31.2. The molecule has 41 heavy (non-hydrogen) atoms. The van der Waals surface area contributed by atoms with Crippen molar-refractivity contribution in [3.63, 3.8) is 0 Å². The summed E-state index contributed by atoms with van der Waals surface area (Å²) in [6.45, 7) is 25.6. The molecule has 0 radical (unpaired) electrons. The number of benzene rings is 2. The molecule has 3 aromatic rings. The van der Waals surface area contributed by atoms with Crippen molar-refractivity contribution < 1.29 is 8.68 Å². The Morgan fingerprint density at radius 1 is 0.683 bits per heavy atom. The van der Waals surface area contributed by atoms with Crippen LogP contribution < -0.4 is 4.57 Å². The number of hydrogen-bond donors (Lipinski definition) is 0. The number of pyridine rings is 1. The van der Waals surface area contributed by atoms with Crippen LogP contribution in [0.1, 0.15) is 145 Å². The quantitative estimate of drug-likeness (QED) is 0.278. The van der Waals surface area contributed by atoms with E-state index in [9.17, 15) is 0 Å². The molecule has 1 heterocycles. The van der Waals surface area contributed by atoms with Gasteiger partial charge in [-0.1, -0.05) is 88.3 Å². The molecule has 0 saturated heterocycles. The van der Waals surface area contributed by atoms with Gasteiger partial charge in [-0.2, -0.15) is 0 Å². The fourth-order valence-corrected chi connectivity index (χ4v) is 7.72. The molecule has 1 nitrogen and oxygen atoms in total. The van der Waals surface area contributed by atoms with E-state index in [-0.39, 0.29) is 27.1 Å². The van der Waals surface area contributed by atoms with Gasteiger partial charge in [0.1, 0.15) is 7.05 Å². The maximum atomic E-state index is 8.84. The van der Waals surface area contributed by atoms with Crippen LogP contribution in [0.5, 0.6) is 0 Å². The fourth-order valence-electron chi connectivity index (χ4n) is 7.72. The first-order chi connectivity index (χ1) is 19.9. The van der Waals surface area contributed by atoms with Crippen molar-refractivity contribution in [2.45, 2.75) is 143 Å². The minimum Gasteiger partial charge on any atom is -0.201 e. The topological polar surface area (TPSA) is 3.88 Å².